The fourth-order valence-corrected chi connectivity index (χ4v) is 4.64. The average molecular weight is 408 g/mol. The topological polar surface area (TPSA) is 64.6 Å². The molecule has 0 saturated heterocycles. The maximum Gasteiger partial charge on any atom is 0.341 e. The van der Waals surface area contributed by atoms with Crippen molar-refractivity contribution in [2.45, 2.75) is 33.1 Å². The third-order valence-corrected chi connectivity index (χ3v) is 5.85. The Morgan fingerprint density at radius 3 is 2.74 bits per heavy atom. The molecule has 7 heteroatoms. The molecule has 1 aromatic heterocycles. The summed E-state index contributed by atoms with van der Waals surface area (Å²) in [4.78, 5) is 26.0. The van der Waals surface area contributed by atoms with E-state index in [0.717, 1.165) is 29.7 Å². The Kier molecular flexibility index (Phi) is 6.39. The van der Waals surface area contributed by atoms with Gasteiger partial charge in [0.25, 0.3) is 5.91 Å². The summed E-state index contributed by atoms with van der Waals surface area (Å²) in [5.74, 6) is 0.433. The number of hydrogen-bond acceptors (Lipinski definition) is 5. The van der Waals surface area contributed by atoms with Crippen LogP contribution in [0, 0.1) is 5.92 Å². The van der Waals surface area contributed by atoms with Crippen LogP contribution in [0.25, 0.3) is 0 Å². The number of anilines is 1. The fourth-order valence-electron chi connectivity index (χ4n) is 3.10. The Balaban J connectivity index is 1.73. The molecule has 0 radical (unpaired) electrons. The van der Waals surface area contributed by atoms with Crippen molar-refractivity contribution in [1.82, 2.24) is 0 Å². The fraction of sp³-hybridized carbons (Fsp3) is 0.400. The maximum absolute atomic E-state index is 12.5. The van der Waals surface area contributed by atoms with Crippen LogP contribution in [0.4, 0.5) is 5.00 Å². The molecule has 1 amide bonds. The lowest BCUT2D eigenvalue weighted by Gasteiger charge is -2.18. The maximum atomic E-state index is 12.5. The molecular weight excluding hydrogens is 386 g/mol. The lowest BCUT2D eigenvalue weighted by Crippen LogP contribution is -2.21. The second kappa shape index (κ2) is 8.76. The smallest absolute Gasteiger partial charge is 0.341 e. The van der Waals surface area contributed by atoms with E-state index >= 15 is 0 Å². The molecule has 2 aromatic rings. The highest BCUT2D eigenvalue weighted by molar-refractivity contribution is 7.17. The van der Waals surface area contributed by atoms with Crippen molar-refractivity contribution in [2.75, 3.05) is 18.5 Å². The highest BCUT2D eigenvalue weighted by Gasteiger charge is 2.29. The third-order valence-electron chi connectivity index (χ3n) is 4.43. The number of rotatable bonds is 6. The first-order chi connectivity index (χ1) is 13.0. The van der Waals surface area contributed by atoms with Crippen LogP contribution in [-0.2, 0) is 22.4 Å². The molecule has 5 nitrogen and oxygen atoms in total. The van der Waals surface area contributed by atoms with Gasteiger partial charge in [0, 0.05) is 9.90 Å². The van der Waals surface area contributed by atoms with Crippen molar-refractivity contribution in [3.05, 3.63) is 45.3 Å². The van der Waals surface area contributed by atoms with Crippen LogP contribution in [0.2, 0.25) is 5.02 Å². The summed E-state index contributed by atoms with van der Waals surface area (Å²) in [6.07, 6.45) is 2.78. The predicted octanol–water partition coefficient (Wildman–Crippen LogP) is 4.72. The van der Waals surface area contributed by atoms with E-state index in [1.54, 1.807) is 31.2 Å². The summed E-state index contributed by atoms with van der Waals surface area (Å²) in [5, 5.41) is 3.99. The molecule has 27 heavy (non-hydrogen) atoms. The van der Waals surface area contributed by atoms with Crippen molar-refractivity contribution < 1.29 is 19.1 Å². The largest absolute Gasteiger partial charge is 0.484 e. The summed E-state index contributed by atoms with van der Waals surface area (Å²) in [6.45, 7) is 4.12. The molecule has 0 unspecified atom stereocenters. The first-order valence-electron chi connectivity index (χ1n) is 8.97. The zero-order valence-corrected chi connectivity index (χ0v) is 16.9. The minimum atomic E-state index is -0.376. The molecule has 0 aliphatic heterocycles. The van der Waals surface area contributed by atoms with E-state index in [1.807, 2.05) is 0 Å². The number of nitrogens with one attached hydrogen (secondary N) is 1. The number of amides is 1. The molecule has 0 bridgehead atoms. The molecule has 0 fully saturated rings. The van der Waals surface area contributed by atoms with Gasteiger partial charge < -0.3 is 14.8 Å². The standard InChI is InChI=1S/C20H22ClNO4S/c1-3-25-20(24)18-15-9-4-12(2)10-16(15)27-19(18)22-17(23)11-26-14-7-5-13(21)6-8-14/h5-8,12H,3-4,9-11H2,1-2H3,(H,22,23)/t12-/m1/s1. The predicted molar refractivity (Wildman–Crippen MR) is 107 cm³/mol. The number of benzene rings is 1. The molecule has 0 saturated carbocycles. The second-order valence-electron chi connectivity index (χ2n) is 6.57. The van der Waals surface area contributed by atoms with E-state index in [0.29, 0.717) is 33.9 Å². The number of ether oxygens (including phenoxy) is 2. The average Bonchev–Trinajstić information content (AvgIpc) is 2.98. The molecule has 1 heterocycles. The quantitative estimate of drug-likeness (QED) is 0.703. The van der Waals surface area contributed by atoms with E-state index in [2.05, 4.69) is 12.2 Å². The van der Waals surface area contributed by atoms with Gasteiger partial charge in [0.15, 0.2) is 6.61 Å². The van der Waals surface area contributed by atoms with Crippen LogP contribution in [0.5, 0.6) is 5.75 Å². The molecule has 144 valence electrons. The highest BCUT2D eigenvalue weighted by atomic mass is 35.5. The van der Waals surface area contributed by atoms with E-state index in [-0.39, 0.29) is 18.5 Å². The minimum absolute atomic E-state index is 0.150. The van der Waals surface area contributed by atoms with E-state index < -0.39 is 0 Å². The zero-order chi connectivity index (χ0) is 19.4. The van der Waals surface area contributed by atoms with Crippen molar-refractivity contribution in [1.29, 1.82) is 0 Å². The Bertz CT molecular complexity index is 831. The lowest BCUT2D eigenvalue weighted by molar-refractivity contribution is -0.118. The number of carbonyl (C=O) groups is 2. The first-order valence-corrected chi connectivity index (χ1v) is 10.2. The molecule has 1 aromatic carbocycles. The SMILES string of the molecule is CCOC(=O)c1c(NC(=O)COc2ccc(Cl)cc2)sc2c1CC[C@@H](C)C2. The first kappa shape index (κ1) is 19.7. The van der Waals surface area contributed by atoms with Gasteiger partial charge in [-0.3, -0.25) is 4.79 Å². The minimum Gasteiger partial charge on any atom is -0.484 e. The van der Waals surface area contributed by atoms with Crippen molar-refractivity contribution >= 4 is 39.8 Å². The number of carbonyl (C=O) groups excluding carboxylic acids is 2. The van der Waals surface area contributed by atoms with E-state index in [4.69, 9.17) is 21.1 Å². The highest BCUT2D eigenvalue weighted by Crippen LogP contribution is 2.40. The lowest BCUT2D eigenvalue weighted by atomic mass is 9.88. The number of hydrogen-bond donors (Lipinski definition) is 1. The van der Waals surface area contributed by atoms with Gasteiger partial charge in [0.2, 0.25) is 0 Å². The Morgan fingerprint density at radius 2 is 2.04 bits per heavy atom. The third kappa shape index (κ3) is 4.82. The molecular formula is C20H22ClNO4S. The Morgan fingerprint density at radius 1 is 1.30 bits per heavy atom. The number of fused-ring (bicyclic) bond motifs is 1. The van der Waals surface area contributed by atoms with Gasteiger partial charge >= 0.3 is 5.97 Å². The number of esters is 1. The van der Waals surface area contributed by atoms with Crippen LogP contribution in [0.1, 0.15) is 41.1 Å². The summed E-state index contributed by atoms with van der Waals surface area (Å²) in [7, 11) is 0. The Labute approximate surface area is 167 Å². The molecule has 1 aliphatic rings. The van der Waals surface area contributed by atoms with Gasteiger partial charge in [-0.25, -0.2) is 4.79 Å². The van der Waals surface area contributed by atoms with Crippen LogP contribution < -0.4 is 10.1 Å². The number of thiophene rings is 1. The summed E-state index contributed by atoms with van der Waals surface area (Å²) < 4.78 is 10.7. The van der Waals surface area contributed by atoms with Gasteiger partial charge in [0.05, 0.1) is 12.2 Å². The van der Waals surface area contributed by atoms with E-state index in [1.165, 1.54) is 11.3 Å². The summed E-state index contributed by atoms with van der Waals surface area (Å²) in [5.41, 5.74) is 1.52. The van der Waals surface area contributed by atoms with Gasteiger partial charge in [-0.05, 0) is 61.9 Å². The van der Waals surface area contributed by atoms with Gasteiger partial charge in [-0.1, -0.05) is 18.5 Å². The van der Waals surface area contributed by atoms with Crippen LogP contribution >= 0.6 is 22.9 Å². The molecule has 1 aliphatic carbocycles. The van der Waals surface area contributed by atoms with Crippen molar-refractivity contribution in [2.24, 2.45) is 5.92 Å². The summed E-state index contributed by atoms with van der Waals surface area (Å²) >= 11 is 7.30. The molecule has 1 N–H and O–H groups in total. The van der Waals surface area contributed by atoms with Crippen molar-refractivity contribution in [3.63, 3.8) is 0 Å². The summed E-state index contributed by atoms with van der Waals surface area (Å²) in [6, 6.07) is 6.79. The van der Waals surface area contributed by atoms with Crippen LogP contribution in [-0.4, -0.2) is 25.1 Å². The molecule has 3 rings (SSSR count). The van der Waals surface area contributed by atoms with Crippen LogP contribution in [0.3, 0.4) is 0 Å². The molecule has 0 spiro atoms. The van der Waals surface area contributed by atoms with E-state index in [9.17, 15) is 9.59 Å². The molecule has 1 atom stereocenters. The monoisotopic (exact) mass is 407 g/mol. The normalized spacial score (nSPS) is 15.7. The van der Waals surface area contributed by atoms with Gasteiger partial charge in [-0.2, -0.15) is 0 Å². The Hall–Kier alpha value is -2.05. The number of halogens is 1. The zero-order valence-electron chi connectivity index (χ0n) is 15.3. The van der Waals surface area contributed by atoms with Gasteiger partial charge in [-0.15, -0.1) is 11.3 Å². The van der Waals surface area contributed by atoms with Gasteiger partial charge in [0.1, 0.15) is 10.8 Å². The second-order valence-corrected chi connectivity index (χ2v) is 8.11. The van der Waals surface area contributed by atoms with Crippen LogP contribution in [0.15, 0.2) is 24.3 Å². The van der Waals surface area contributed by atoms with Crippen molar-refractivity contribution in [3.8, 4) is 5.75 Å².